The van der Waals surface area contributed by atoms with Crippen LogP contribution >= 0.6 is 11.3 Å². The van der Waals surface area contributed by atoms with E-state index in [4.69, 9.17) is 10.8 Å². The Hall–Kier alpha value is -2.15. The third-order valence-corrected chi connectivity index (χ3v) is 3.64. The van der Waals surface area contributed by atoms with E-state index in [1.54, 1.807) is 0 Å². The van der Waals surface area contributed by atoms with Crippen LogP contribution in [0.25, 0.3) is 0 Å². The topological polar surface area (TPSA) is 101 Å². The summed E-state index contributed by atoms with van der Waals surface area (Å²) in [4.78, 5) is 19.5. The number of aryl methyl sites for hydroxylation is 1. The van der Waals surface area contributed by atoms with Crippen LogP contribution in [0.3, 0.4) is 0 Å². The summed E-state index contributed by atoms with van der Waals surface area (Å²) in [5, 5.41) is 15.0. The lowest BCUT2D eigenvalue weighted by atomic mass is 10.2. The second-order valence-corrected chi connectivity index (χ2v) is 5.05. The van der Waals surface area contributed by atoms with Crippen LogP contribution in [0.5, 0.6) is 0 Å². The molecule has 2 aromatic rings. The number of anilines is 2. The number of aromatic carboxylic acids is 1. The van der Waals surface area contributed by atoms with E-state index < -0.39 is 5.97 Å². The highest BCUT2D eigenvalue weighted by Crippen LogP contribution is 2.24. The molecule has 0 aliphatic rings. The number of hydrogen-bond acceptors (Lipinski definition) is 6. The van der Waals surface area contributed by atoms with E-state index >= 15 is 0 Å². The second-order valence-electron chi connectivity index (χ2n) is 4.16. The monoisotopic (exact) mass is 278 g/mol. The number of hydrogen-bond donors (Lipinski definition) is 3. The van der Waals surface area contributed by atoms with E-state index in [9.17, 15) is 4.79 Å². The number of nitrogen functional groups attached to an aromatic ring is 1. The van der Waals surface area contributed by atoms with Crippen molar-refractivity contribution in [3.8, 4) is 0 Å². The maximum Gasteiger partial charge on any atom is 0.339 e. The molecule has 0 fully saturated rings. The molecule has 2 aromatic heterocycles. The van der Waals surface area contributed by atoms with Gasteiger partial charge in [-0.1, -0.05) is 0 Å². The van der Waals surface area contributed by atoms with Crippen LogP contribution in [-0.2, 0) is 0 Å². The van der Waals surface area contributed by atoms with Gasteiger partial charge in [-0.15, -0.1) is 11.3 Å². The Labute approximate surface area is 114 Å². The number of nitrogens with zero attached hydrogens (tertiary/aromatic N) is 2. The molecule has 19 heavy (non-hydrogen) atoms. The lowest BCUT2D eigenvalue weighted by molar-refractivity contribution is 0.0697. The Morgan fingerprint density at radius 2 is 2.32 bits per heavy atom. The molecule has 2 heterocycles. The maximum absolute atomic E-state index is 11.1. The van der Waals surface area contributed by atoms with Crippen LogP contribution in [0.4, 0.5) is 11.5 Å². The molecule has 0 radical (unpaired) electrons. The first-order chi connectivity index (χ1) is 8.97. The second kappa shape index (κ2) is 5.23. The van der Waals surface area contributed by atoms with Gasteiger partial charge in [-0.2, -0.15) is 0 Å². The Morgan fingerprint density at radius 3 is 2.89 bits per heavy atom. The molecule has 0 aliphatic carbocycles. The van der Waals surface area contributed by atoms with Crippen LogP contribution in [0.2, 0.25) is 0 Å². The van der Waals surface area contributed by atoms with Crippen molar-refractivity contribution in [2.75, 3.05) is 11.1 Å². The minimum atomic E-state index is -1.06. The summed E-state index contributed by atoms with van der Waals surface area (Å²) in [7, 11) is 0. The number of thiazole rings is 1. The molecule has 0 aromatic carbocycles. The van der Waals surface area contributed by atoms with Crippen molar-refractivity contribution in [2.45, 2.75) is 19.9 Å². The summed E-state index contributed by atoms with van der Waals surface area (Å²) < 4.78 is 0. The normalized spacial score (nSPS) is 12.1. The van der Waals surface area contributed by atoms with Gasteiger partial charge in [0.1, 0.15) is 16.4 Å². The van der Waals surface area contributed by atoms with Crippen molar-refractivity contribution in [3.63, 3.8) is 0 Å². The highest BCUT2D eigenvalue weighted by atomic mass is 32.1. The van der Waals surface area contributed by atoms with Crippen LogP contribution in [-0.4, -0.2) is 21.0 Å². The highest BCUT2D eigenvalue weighted by molar-refractivity contribution is 7.09. The van der Waals surface area contributed by atoms with Crippen molar-refractivity contribution in [1.29, 1.82) is 0 Å². The van der Waals surface area contributed by atoms with E-state index in [-0.39, 0.29) is 11.6 Å². The van der Waals surface area contributed by atoms with E-state index in [2.05, 4.69) is 15.3 Å². The summed E-state index contributed by atoms with van der Waals surface area (Å²) in [5.41, 5.74) is 6.86. The van der Waals surface area contributed by atoms with Gasteiger partial charge in [-0.05, 0) is 19.9 Å². The number of nitrogens with one attached hydrogen (secondary N) is 1. The molecule has 0 saturated heterocycles. The van der Waals surface area contributed by atoms with Crippen LogP contribution < -0.4 is 11.1 Å². The quantitative estimate of drug-likeness (QED) is 0.793. The molecule has 1 atom stereocenters. The van der Waals surface area contributed by atoms with Crippen LogP contribution in [0, 0.1) is 6.92 Å². The number of carbonyl (C=O) groups is 1. The van der Waals surface area contributed by atoms with Gasteiger partial charge in [-0.3, -0.25) is 0 Å². The maximum atomic E-state index is 11.1. The Morgan fingerprint density at radius 1 is 1.58 bits per heavy atom. The molecular weight excluding hydrogens is 264 g/mol. The fourth-order valence-corrected chi connectivity index (χ4v) is 2.40. The molecule has 2 rings (SSSR count). The molecule has 4 N–H and O–H groups in total. The van der Waals surface area contributed by atoms with Crippen molar-refractivity contribution < 1.29 is 9.90 Å². The molecule has 100 valence electrons. The van der Waals surface area contributed by atoms with Crippen molar-refractivity contribution in [2.24, 2.45) is 0 Å². The first kappa shape index (κ1) is 13.3. The van der Waals surface area contributed by atoms with Gasteiger partial charge in [0.2, 0.25) is 0 Å². The third kappa shape index (κ3) is 3.00. The number of carboxylic acids is 1. The Bertz CT molecular complexity index is 612. The van der Waals surface area contributed by atoms with Crippen molar-refractivity contribution >= 4 is 28.8 Å². The summed E-state index contributed by atoms with van der Waals surface area (Å²) in [6.07, 6.45) is 1.43. The summed E-state index contributed by atoms with van der Waals surface area (Å²) in [6.45, 7) is 3.82. The first-order valence-corrected chi connectivity index (χ1v) is 6.52. The smallest absolute Gasteiger partial charge is 0.339 e. The number of nitrogens with two attached hydrogens (primary N) is 1. The molecule has 1 unspecified atom stereocenters. The van der Waals surface area contributed by atoms with E-state index in [0.29, 0.717) is 11.5 Å². The lowest BCUT2D eigenvalue weighted by Gasteiger charge is -2.14. The zero-order valence-corrected chi connectivity index (χ0v) is 11.4. The van der Waals surface area contributed by atoms with Gasteiger partial charge in [0, 0.05) is 11.1 Å². The van der Waals surface area contributed by atoms with Gasteiger partial charge in [0.05, 0.1) is 17.9 Å². The molecule has 0 saturated carbocycles. The highest BCUT2D eigenvalue weighted by Gasteiger charge is 2.16. The van der Waals surface area contributed by atoms with Gasteiger partial charge in [0.15, 0.2) is 0 Å². The average molecular weight is 278 g/mol. The Balaban J connectivity index is 2.26. The number of pyridine rings is 1. The lowest BCUT2D eigenvalue weighted by Crippen LogP contribution is -2.12. The van der Waals surface area contributed by atoms with E-state index in [1.165, 1.54) is 23.6 Å². The van der Waals surface area contributed by atoms with Crippen LogP contribution in [0.15, 0.2) is 17.6 Å². The van der Waals surface area contributed by atoms with Gasteiger partial charge in [-0.25, -0.2) is 14.8 Å². The predicted octanol–water partition coefficient (Wildman–Crippen LogP) is 2.30. The number of aromatic nitrogens is 2. The molecule has 0 aliphatic heterocycles. The van der Waals surface area contributed by atoms with Gasteiger partial charge >= 0.3 is 5.97 Å². The molecule has 0 spiro atoms. The zero-order valence-electron chi connectivity index (χ0n) is 10.5. The molecule has 0 bridgehead atoms. The summed E-state index contributed by atoms with van der Waals surface area (Å²) >= 11 is 1.52. The SMILES string of the molecule is Cc1csc(C(C)Nc2ncc(N)cc2C(=O)O)n1. The number of rotatable bonds is 4. The fourth-order valence-electron chi connectivity index (χ4n) is 1.60. The largest absolute Gasteiger partial charge is 0.478 e. The predicted molar refractivity (Wildman–Crippen MR) is 74.5 cm³/mol. The van der Waals surface area contributed by atoms with E-state index in [1.807, 2.05) is 19.2 Å². The molecular formula is C12H14N4O2S. The average Bonchev–Trinajstić information content (AvgIpc) is 2.78. The molecule has 0 amide bonds. The van der Waals surface area contributed by atoms with Gasteiger partial charge < -0.3 is 16.2 Å². The Kier molecular flexibility index (Phi) is 3.66. The summed E-state index contributed by atoms with van der Waals surface area (Å²) in [6, 6.07) is 1.27. The zero-order chi connectivity index (χ0) is 14.0. The minimum Gasteiger partial charge on any atom is -0.478 e. The van der Waals surface area contributed by atoms with Crippen molar-refractivity contribution in [1.82, 2.24) is 9.97 Å². The third-order valence-electron chi connectivity index (χ3n) is 2.50. The number of carboxylic acid groups (broad SMARTS) is 1. The van der Waals surface area contributed by atoms with Crippen LogP contribution in [0.1, 0.15) is 34.0 Å². The van der Waals surface area contributed by atoms with Gasteiger partial charge in [0.25, 0.3) is 0 Å². The molecule has 6 nitrogen and oxygen atoms in total. The first-order valence-electron chi connectivity index (χ1n) is 5.64. The summed E-state index contributed by atoms with van der Waals surface area (Å²) in [5.74, 6) is -0.771. The standard InChI is InChI=1S/C12H14N4O2S/c1-6-5-19-11(15-6)7(2)16-10-9(12(17)18)3-8(13)4-14-10/h3-5,7H,13H2,1-2H3,(H,14,16)(H,17,18). The minimum absolute atomic E-state index is 0.0557. The fraction of sp³-hybridized carbons (Fsp3) is 0.250. The van der Waals surface area contributed by atoms with Crippen molar-refractivity contribution in [3.05, 3.63) is 33.9 Å². The van der Waals surface area contributed by atoms with E-state index in [0.717, 1.165) is 10.7 Å². The molecule has 7 heteroatoms.